The van der Waals surface area contributed by atoms with Crippen LogP contribution in [0, 0.1) is 5.82 Å². The summed E-state index contributed by atoms with van der Waals surface area (Å²) in [5.41, 5.74) is -0.753. The van der Waals surface area contributed by atoms with Gasteiger partial charge in [-0.15, -0.1) is 0 Å². The molecule has 5 N–H and O–H groups in total. The summed E-state index contributed by atoms with van der Waals surface area (Å²) in [7, 11) is 1.60. The van der Waals surface area contributed by atoms with Crippen molar-refractivity contribution in [1.29, 1.82) is 0 Å². The van der Waals surface area contributed by atoms with Gasteiger partial charge in [-0.05, 0) is 76.8 Å². The van der Waals surface area contributed by atoms with Crippen LogP contribution in [0.1, 0.15) is 23.6 Å². The molecule has 2 aliphatic carbocycles. The number of hydrogen-bond acceptors (Lipinski definition) is 17. The van der Waals surface area contributed by atoms with Gasteiger partial charge in [-0.25, -0.2) is 8.78 Å². The van der Waals surface area contributed by atoms with Crippen molar-refractivity contribution >= 4 is 40.9 Å². The van der Waals surface area contributed by atoms with E-state index < -0.39 is 78.8 Å². The number of carbonyl (C=O) groups is 5. The number of phenolic OH excluding ortho intramolecular Hbond substituents is 1. The molecular formula is C46H58F2N2O19. The Labute approximate surface area is 395 Å². The summed E-state index contributed by atoms with van der Waals surface area (Å²) in [6, 6.07) is 6.32. The van der Waals surface area contributed by atoms with Gasteiger partial charge in [-0.3, -0.25) is 28.9 Å². The second-order valence-corrected chi connectivity index (χ2v) is 15.3. The Bertz CT molecular complexity index is 2150. The number of rotatable bonds is 36. The number of nitrogens with zero attached hydrogens (tertiary/aromatic N) is 2. The van der Waals surface area contributed by atoms with E-state index >= 15 is 8.78 Å². The van der Waals surface area contributed by atoms with Gasteiger partial charge in [-0.2, -0.15) is 0 Å². The number of ketones is 1. The third-order valence-corrected chi connectivity index (χ3v) is 10.3. The van der Waals surface area contributed by atoms with Gasteiger partial charge in [-0.1, -0.05) is 6.07 Å². The highest BCUT2D eigenvalue weighted by Gasteiger charge is 2.44. The van der Waals surface area contributed by atoms with E-state index in [-0.39, 0.29) is 97.6 Å². The second-order valence-electron chi connectivity index (χ2n) is 15.3. The predicted molar refractivity (Wildman–Crippen MR) is 238 cm³/mol. The summed E-state index contributed by atoms with van der Waals surface area (Å²) >= 11 is 0. The molecule has 0 amide bonds. The van der Waals surface area contributed by atoms with E-state index in [0.29, 0.717) is 52.9 Å². The van der Waals surface area contributed by atoms with Crippen LogP contribution in [0.3, 0.4) is 0 Å². The molecule has 0 aliphatic heterocycles. The fourth-order valence-corrected chi connectivity index (χ4v) is 7.21. The number of hydrogen-bond donors (Lipinski definition) is 5. The molecule has 0 saturated heterocycles. The number of aliphatic carboxylic acids is 4. The quantitative estimate of drug-likeness (QED) is 0.0614. The summed E-state index contributed by atoms with van der Waals surface area (Å²) in [6.45, 7) is 1.97. The number of halogens is 2. The molecular weight excluding hydrogens is 922 g/mol. The molecule has 2 aliphatic rings. The topological polar surface area (TPSA) is 276 Å². The first-order valence-corrected chi connectivity index (χ1v) is 21.7. The second kappa shape index (κ2) is 28.6. The maximum atomic E-state index is 15.4. The summed E-state index contributed by atoms with van der Waals surface area (Å²) in [5.74, 6) is -9.28. The molecule has 0 radical (unpaired) electrons. The lowest BCUT2D eigenvalue weighted by Crippen LogP contribution is -2.37. The van der Waals surface area contributed by atoms with Crippen LogP contribution < -0.4 is 9.64 Å². The molecule has 2 aromatic rings. The number of methoxy groups -OCH3 is 1. The van der Waals surface area contributed by atoms with Crippen LogP contribution in [0.4, 0.5) is 14.5 Å². The van der Waals surface area contributed by atoms with Crippen LogP contribution in [0.15, 0.2) is 59.5 Å². The Kier molecular flexibility index (Phi) is 23.1. The third-order valence-electron chi connectivity index (χ3n) is 10.3. The number of ether oxygens (including phenoxy) is 9. The molecule has 1 unspecified atom stereocenters. The molecule has 1 atom stereocenters. The van der Waals surface area contributed by atoms with Crippen molar-refractivity contribution in [3.63, 3.8) is 0 Å². The lowest BCUT2D eigenvalue weighted by Gasteiger charge is -2.41. The van der Waals surface area contributed by atoms with Crippen molar-refractivity contribution in [2.75, 3.05) is 144 Å². The van der Waals surface area contributed by atoms with Gasteiger partial charge in [0.1, 0.15) is 31.0 Å². The largest absolute Gasteiger partial charge is 0.505 e. The number of carbonyl (C=O) groups excluding carboxylic acids is 1. The molecule has 0 heterocycles. The Hall–Kier alpha value is -5.89. The summed E-state index contributed by atoms with van der Waals surface area (Å²) < 4.78 is 81.1. The van der Waals surface area contributed by atoms with E-state index in [1.807, 2.05) is 0 Å². The fraction of sp³-hybridized carbons (Fsp3) is 0.500. The number of phenols is 1. The summed E-state index contributed by atoms with van der Waals surface area (Å²) in [4.78, 5) is 61.2. The fourth-order valence-electron chi connectivity index (χ4n) is 7.21. The van der Waals surface area contributed by atoms with E-state index in [0.717, 1.165) is 34.1 Å². The van der Waals surface area contributed by atoms with Crippen molar-refractivity contribution in [2.24, 2.45) is 0 Å². The minimum absolute atomic E-state index is 0.00292. The zero-order chi connectivity index (χ0) is 50.3. The molecule has 0 bridgehead atoms. The molecule has 0 saturated carbocycles. The number of benzene rings is 2. The van der Waals surface area contributed by atoms with Crippen molar-refractivity contribution in [2.45, 2.75) is 12.5 Å². The maximum Gasteiger partial charge on any atom is 0.323 e. The Morgan fingerprint density at radius 3 is 1.68 bits per heavy atom. The standard InChI is InChI=1S/C46H58F2N2O19/c1-46(69-20-18-67-16-15-66-14-13-65-12-11-64-10-9-63-8-7-61-2)33-24-38(51)35(47)22-31(33)45(32-23-36(48)39(52)25-34(32)46)30-3-4-37(50(28-43(57)58)29-44(59)60)40(21-30)68-19-17-62-6-5-49(26-41(53)54)27-42(55)56/h3-4,21-25,51H,5-20,26-29H2,1-2H3,(H,53,54)(H,55,56)(H,57,58)(H,59,60). The number of allylic oxidation sites excluding steroid dienone is 3. The van der Waals surface area contributed by atoms with Gasteiger partial charge in [0.15, 0.2) is 17.4 Å². The molecule has 69 heavy (non-hydrogen) atoms. The smallest absolute Gasteiger partial charge is 0.323 e. The summed E-state index contributed by atoms with van der Waals surface area (Å²) in [6.07, 6.45) is 2.00. The van der Waals surface area contributed by atoms with Crippen LogP contribution in [0.25, 0.3) is 5.57 Å². The molecule has 0 spiro atoms. The zero-order valence-corrected chi connectivity index (χ0v) is 38.3. The van der Waals surface area contributed by atoms with Crippen molar-refractivity contribution in [1.82, 2.24) is 4.90 Å². The molecule has 380 valence electrons. The third kappa shape index (κ3) is 17.5. The minimum atomic E-state index is -1.61. The van der Waals surface area contributed by atoms with E-state index in [2.05, 4.69) is 0 Å². The van der Waals surface area contributed by atoms with Crippen LogP contribution in [0.5, 0.6) is 11.5 Å². The number of anilines is 1. The van der Waals surface area contributed by atoms with Gasteiger partial charge in [0.05, 0.1) is 111 Å². The Morgan fingerprint density at radius 1 is 0.638 bits per heavy atom. The predicted octanol–water partition coefficient (Wildman–Crippen LogP) is 2.51. The molecule has 4 rings (SSSR count). The van der Waals surface area contributed by atoms with E-state index in [4.69, 9.17) is 52.8 Å². The molecule has 0 fully saturated rings. The zero-order valence-electron chi connectivity index (χ0n) is 38.3. The lowest BCUT2D eigenvalue weighted by atomic mass is 9.69. The highest BCUT2D eigenvalue weighted by atomic mass is 19.1. The SMILES string of the molecule is COCCOCCOCCOCCOCCOCCOC1(C)C2=CC(=O)C(F)=CC2=C(c2ccc(N(CC(=O)O)CC(=O)O)c(OCCOCCN(CC(=O)O)CC(=O)O)c2)c2cc(F)c(O)cc21. The van der Waals surface area contributed by atoms with E-state index in [9.17, 15) is 39.3 Å². The Morgan fingerprint density at radius 2 is 1.14 bits per heavy atom. The van der Waals surface area contributed by atoms with Crippen LogP contribution >= 0.6 is 0 Å². The van der Waals surface area contributed by atoms with Crippen LogP contribution in [-0.2, 0) is 67.5 Å². The Balaban J connectivity index is 1.52. The van der Waals surface area contributed by atoms with Crippen LogP contribution in [0.2, 0.25) is 0 Å². The van der Waals surface area contributed by atoms with Crippen LogP contribution in [-0.4, -0.2) is 199 Å². The van der Waals surface area contributed by atoms with Crippen molar-refractivity contribution in [3.05, 3.63) is 82.0 Å². The highest BCUT2D eigenvalue weighted by molar-refractivity contribution is 6.08. The molecule has 2 aromatic carbocycles. The van der Waals surface area contributed by atoms with Gasteiger partial charge >= 0.3 is 23.9 Å². The first kappa shape index (κ1) is 55.7. The van der Waals surface area contributed by atoms with Crippen molar-refractivity contribution in [3.8, 4) is 11.5 Å². The van der Waals surface area contributed by atoms with E-state index in [1.54, 1.807) is 14.0 Å². The molecule has 0 aromatic heterocycles. The van der Waals surface area contributed by atoms with Gasteiger partial charge in [0.2, 0.25) is 5.78 Å². The number of carboxylic acids is 4. The normalized spacial score (nSPS) is 15.4. The van der Waals surface area contributed by atoms with Gasteiger partial charge in [0, 0.05) is 13.7 Å². The lowest BCUT2D eigenvalue weighted by molar-refractivity contribution is -0.142. The number of carboxylic acid groups (broad SMARTS) is 4. The number of fused-ring (bicyclic) bond motifs is 2. The monoisotopic (exact) mass is 980 g/mol. The highest BCUT2D eigenvalue weighted by Crippen LogP contribution is 2.53. The van der Waals surface area contributed by atoms with E-state index in [1.165, 1.54) is 18.2 Å². The first-order chi connectivity index (χ1) is 33.0. The van der Waals surface area contributed by atoms with Gasteiger partial charge < -0.3 is 73.1 Å². The van der Waals surface area contributed by atoms with Gasteiger partial charge in [0.25, 0.3) is 0 Å². The summed E-state index contributed by atoms with van der Waals surface area (Å²) in [5, 5.41) is 48.2. The average molecular weight is 981 g/mol. The minimum Gasteiger partial charge on any atom is -0.505 e. The molecule has 21 nitrogen and oxygen atoms in total. The first-order valence-electron chi connectivity index (χ1n) is 21.7. The average Bonchev–Trinajstić information content (AvgIpc) is 3.28. The van der Waals surface area contributed by atoms with Crippen molar-refractivity contribution < 1.29 is 101 Å². The maximum absolute atomic E-state index is 15.4. The number of aromatic hydroxyl groups is 1. The molecule has 23 heteroatoms.